The number of amides is 2. The lowest BCUT2D eigenvalue weighted by Gasteiger charge is -2.09. The molecule has 0 saturated carbocycles. The summed E-state index contributed by atoms with van der Waals surface area (Å²) < 4.78 is 1.95. The van der Waals surface area contributed by atoms with E-state index in [0.29, 0.717) is 16.8 Å². The first-order chi connectivity index (χ1) is 11.1. The second-order valence-electron chi connectivity index (χ2n) is 5.04. The van der Waals surface area contributed by atoms with E-state index in [4.69, 9.17) is 5.73 Å². The van der Waals surface area contributed by atoms with Gasteiger partial charge in [0.2, 0.25) is 5.91 Å². The topological polar surface area (TPSA) is 77.1 Å². The van der Waals surface area contributed by atoms with Crippen molar-refractivity contribution in [2.45, 2.75) is 0 Å². The van der Waals surface area contributed by atoms with E-state index in [0.717, 1.165) is 5.69 Å². The SMILES string of the molecule is NC(=O)c1cccc(C(=O)Nc2cccc(-n3cccc3)c2)c1. The molecule has 2 amide bonds. The molecule has 3 aromatic rings. The van der Waals surface area contributed by atoms with Crippen molar-refractivity contribution < 1.29 is 9.59 Å². The van der Waals surface area contributed by atoms with Crippen LogP contribution in [0.15, 0.2) is 73.1 Å². The first kappa shape index (κ1) is 14.6. The van der Waals surface area contributed by atoms with Crippen LogP contribution in [0.1, 0.15) is 20.7 Å². The first-order valence-electron chi connectivity index (χ1n) is 7.08. The number of nitrogens with one attached hydrogen (secondary N) is 1. The third-order valence-electron chi connectivity index (χ3n) is 3.42. The highest BCUT2D eigenvalue weighted by molar-refractivity contribution is 6.06. The van der Waals surface area contributed by atoms with E-state index in [9.17, 15) is 9.59 Å². The molecule has 0 bridgehead atoms. The third kappa shape index (κ3) is 3.29. The van der Waals surface area contributed by atoms with Crippen molar-refractivity contribution in [1.82, 2.24) is 4.57 Å². The number of hydrogen-bond acceptors (Lipinski definition) is 2. The normalized spacial score (nSPS) is 10.3. The lowest BCUT2D eigenvalue weighted by Crippen LogP contribution is -2.15. The number of rotatable bonds is 4. The van der Waals surface area contributed by atoms with Crippen LogP contribution in [0.5, 0.6) is 0 Å². The molecular weight excluding hydrogens is 290 g/mol. The van der Waals surface area contributed by atoms with Crippen LogP contribution in [0.4, 0.5) is 5.69 Å². The van der Waals surface area contributed by atoms with Gasteiger partial charge in [0.25, 0.3) is 5.91 Å². The van der Waals surface area contributed by atoms with Gasteiger partial charge in [-0.25, -0.2) is 0 Å². The van der Waals surface area contributed by atoms with Crippen LogP contribution in [0.25, 0.3) is 5.69 Å². The standard InChI is InChI=1S/C18H15N3O2/c19-17(22)13-5-3-6-14(11-13)18(23)20-15-7-4-8-16(12-15)21-9-1-2-10-21/h1-12H,(H2,19,22)(H,20,23). The van der Waals surface area contributed by atoms with Crippen LogP contribution in [0.3, 0.4) is 0 Å². The zero-order valence-corrected chi connectivity index (χ0v) is 12.3. The fourth-order valence-corrected chi connectivity index (χ4v) is 2.27. The van der Waals surface area contributed by atoms with Gasteiger partial charge in [-0.1, -0.05) is 12.1 Å². The lowest BCUT2D eigenvalue weighted by atomic mass is 10.1. The number of nitrogens with two attached hydrogens (primary N) is 1. The van der Waals surface area contributed by atoms with Gasteiger partial charge in [0.15, 0.2) is 0 Å². The summed E-state index contributed by atoms with van der Waals surface area (Å²) in [6.07, 6.45) is 3.86. The quantitative estimate of drug-likeness (QED) is 0.777. The Morgan fingerprint density at radius 3 is 2.30 bits per heavy atom. The van der Waals surface area contributed by atoms with Gasteiger partial charge in [0.1, 0.15) is 0 Å². The van der Waals surface area contributed by atoms with E-state index in [-0.39, 0.29) is 5.91 Å². The van der Waals surface area contributed by atoms with Gasteiger partial charge in [-0.2, -0.15) is 0 Å². The van der Waals surface area contributed by atoms with Gasteiger partial charge in [-0.3, -0.25) is 9.59 Å². The Hall–Kier alpha value is -3.34. The summed E-state index contributed by atoms with van der Waals surface area (Å²) in [5.74, 6) is -0.855. The minimum absolute atomic E-state index is 0.294. The van der Waals surface area contributed by atoms with Gasteiger partial charge < -0.3 is 15.6 Å². The molecular formula is C18H15N3O2. The lowest BCUT2D eigenvalue weighted by molar-refractivity contribution is 0.1000. The van der Waals surface area contributed by atoms with Crippen molar-refractivity contribution in [1.29, 1.82) is 0 Å². The highest BCUT2D eigenvalue weighted by Crippen LogP contribution is 2.16. The molecule has 0 saturated heterocycles. The summed E-state index contributed by atoms with van der Waals surface area (Å²) >= 11 is 0. The van der Waals surface area contributed by atoms with E-state index < -0.39 is 5.91 Å². The molecule has 5 heteroatoms. The number of hydrogen-bond donors (Lipinski definition) is 2. The minimum Gasteiger partial charge on any atom is -0.366 e. The monoisotopic (exact) mass is 305 g/mol. The molecule has 3 rings (SSSR count). The molecule has 5 nitrogen and oxygen atoms in total. The van der Waals surface area contributed by atoms with Crippen LogP contribution < -0.4 is 11.1 Å². The molecule has 0 spiro atoms. The van der Waals surface area contributed by atoms with Crippen LogP contribution in [-0.2, 0) is 0 Å². The van der Waals surface area contributed by atoms with E-state index in [2.05, 4.69) is 5.32 Å². The van der Waals surface area contributed by atoms with Crippen LogP contribution in [0.2, 0.25) is 0 Å². The Morgan fingerprint density at radius 2 is 1.57 bits per heavy atom. The molecule has 1 heterocycles. The van der Waals surface area contributed by atoms with Crippen LogP contribution in [0, 0.1) is 0 Å². The fourth-order valence-electron chi connectivity index (χ4n) is 2.27. The second-order valence-corrected chi connectivity index (χ2v) is 5.04. The molecule has 23 heavy (non-hydrogen) atoms. The molecule has 0 fully saturated rings. The van der Waals surface area contributed by atoms with Gasteiger partial charge >= 0.3 is 0 Å². The molecule has 114 valence electrons. The number of carbonyl (C=O) groups excluding carboxylic acids is 2. The molecule has 0 aliphatic heterocycles. The predicted octanol–water partition coefficient (Wildman–Crippen LogP) is 2.83. The summed E-state index contributed by atoms with van der Waals surface area (Å²) in [5, 5.41) is 2.82. The number of benzene rings is 2. The highest BCUT2D eigenvalue weighted by Gasteiger charge is 2.09. The van der Waals surface area contributed by atoms with Crippen molar-refractivity contribution in [3.05, 3.63) is 84.2 Å². The van der Waals surface area contributed by atoms with Gasteiger partial charge in [-0.05, 0) is 48.5 Å². The smallest absolute Gasteiger partial charge is 0.255 e. The van der Waals surface area contributed by atoms with Crippen LogP contribution >= 0.6 is 0 Å². The van der Waals surface area contributed by atoms with Crippen LogP contribution in [-0.4, -0.2) is 16.4 Å². The average Bonchev–Trinajstić information content (AvgIpc) is 3.10. The zero-order chi connectivity index (χ0) is 16.2. The molecule has 2 aromatic carbocycles. The summed E-state index contributed by atoms with van der Waals surface area (Å²) in [6, 6.07) is 17.7. The molecule has 0 unspecified atom stereocenters. The fraction of sp³-hybridized carbons (Fsp3) is 0. The number of carbonyl (C=O) groups is 2. The van der Waals surface area contributed by atoms with Gasteiger partial charge in [-0.15, -0.1) is 0 Å². The average molecular weight is 305 g/mol. The maximum absolute atomic E-state index is 12.3. The number of primary amides is 1. The van der Waals surface area contributed by atoms with Gasteiger partial charge in [0.05, 0.1) is 0 Å². The Morgan fingerprint density at radius 1 is 0.870 bits per heavy atom. The number of aromatic nitrogens is 1. The molecule has 0 aliphatic rings. The molecule has 1 aromatic heterocycles. The Balaban J connectivity index is 1.82. The van der Waals surface area contributed by atoms with Crippen molar-refractivity contribution in [2.75, 3.05) is 5.32 Å². The number of anilines is 1. The number of nitrogens with zero attached hydrogens (tertiary/aromatic N) is 1. The van der Waals surface area contributed by atoms with E-state index in [1.165, 1.54) is 6.07 Å². The Kier molecular flexibility index (Phi) is 3.93. The molecule has 3 N–H and O–H groups in total. The summed E-state index contributed by atoms with van der Waals surface area (Å²) in [6.45, 7) is 0. The van der Waals surface area contributed by atoms with E-state index >= 15 is 0 Å². The predicted molar refractivity (Wildman–Crippen MR) is 88.7 cm³/mol. The van der Waals surface area contributed by atoms with Crippen molar-refractivity contribution >= 4 is 17.5 Å². The van der Waals surface area contributed by atoms with Crippen molar-refractivity contribution in [3.63, 3.8) is 0 Å². The minimum atomic E-state index is -0.561. The third-order valence-corrected chi connectivity index (χ3v) is 3.42. The molecule has 0 atom stereocenters. The van der Waals surface area contributed by atoms with Crippen molar-refractivity contribution in [2.24, 2.45) is 5.73 Å². The Bertz CT molecular complexity index is 854. The van der Waals surface area contributed by atoms with Gasteiger partial charge in [0, 0.05) is 34.9 Å². The van der Waals surface area contributed by atoms with E-state index in [1.807, 2.05) is 53.4 Å². The second kappa shape index (κ2) is 6.19. The van der Waals surface area contributed by atoms with E-state index in [1.54, 1.807) is 18.2 Å². The first-order valence-corrected chi connectivity index (χ1v) is 7.08. The maximum atomic E-state index is 12.3. The van der Waals surface area contributed by atoms with Crippen molar-refractivity contribution in [3.8, 4) is 5.69 Å². The molecule has 0 radical (unpaired) electrons. The maximum Gasteiger partial charge on any atom is 0.255 e. The summed E-state index contributed by atoms with van der Waals surface area (Å²) in [5.41, 5.74) is 7.54. The highest BCUT2D eigenvalue weighted by atomic mass is 16.2. The zero-order valence-electron chi connectivity index (χ0n) is 12.3. The Labute approximate surface area is 133 Å². The summed E-state index contributed by atoms with van der Waals surface area (Å²) in [7, 11) is 0. The largest absolute Gasteiger partial charge is 0.366 e. The molecule has 0 aliphatic carbocycles. The summed E-state index contributed by atoms with van der Waals surface area (Å²) in [4.78, 5) is 23.5.